The Labute approximate surface area is 133 Å². The lowest BCUT2D eigenvalue weighted by Crippen LogP contribution is -2.55. The van der Waals surface area contributed by atoms with E-state index in [1.165, 1.54) is 4.90 Å². The van der Waals surface area contributed by atoms with Crippen molar-refractivity contribution in [3.63, 3.8) is 0 Å². The van der Waals surface area contributed by atoms with Crippen molar-refractivity contribution in [3.05, 3.63) is 0 Å². The fraction of sp³-hybridized carbons (Fsp3) is 0.692. The van der Waals surface area contributed by atoms with Crippen LogP contribution in [0.25, 0.3) is 0 Å². The third-order valence-electron chi connectivity index (χ3n) is 2.79. The highest BCUT2D eigenvalue weighted by atomic mass is 35.5. The molecule has 1 heterocycles. The van der Waals surface area contributed by atoms with Gasteiger partial charge in [0.05, 0.1) is 0 Å². The summed E-state index contributed by atoms with van der Waals surface area (Å²) < 4.78 is 5.06. The van der Waals surface area contributed by atoms with Crippen LogP contribution in [-0.4, -0.2) is 64.9 Å². The molecule has 1 fully saturated rings. The van der Waals surface area contributed by atoms with Crippen LogP contribution in [0.3, 0.4) is 0 Å². The molecule has 8 nitrogen and oxygen atoms in total. The molecule has 1 saturated heterocycles. The molecular formula is C13H20ClN3O5. The minimum absolute atomic E-state index is 0.0758. The van der Waals surface area contributed by atoms with E-state index in [0.717, 1.165) is 0 Å². The average Bonchev–Trinajstić information content (AvgIpc) is 2.36. The molecule has 0 atom stereocenters. The number of nitrogens with zero attached hydrogens (tertiary/aromatic N) is 2. The Morgan fingerprint density at radius 1 is 1.23 bits per heavy atom. The number of hydrogen-bond acceptors (Lipinski definition) is 5. The number of carbonyl (C=O) groups excluding carboxylic acids is 4. The van der Waals surface area contributed by atoms with Gasteiger partial charge < -0.3 is 15.0 Å². The largest absolute Gasteiger partial charge is 0.444 e. The fourth-order valence-corrected chi connectivity index (χ4v) is 1.99. The summed E-state index contributed by atoms with van der Waals surface area (Å²) >= 11 is 5.21. The van der Waals surface area contributed by atoms with E-state index in [2.05, 4.69) is 5.32 Å². The predicted octanol–water partition coefficient (Wildman–Crippen LogP) is 0.931. The zero-order chi connectivity index (χ0) is 16.9. The highest BCUT2D eigenvalue weighted by molar-refractivity contribution is 6.65. The maximum absolute atomic E-state index is 11.8. The molecule has 0 aromatic rings. The van der Waals surface area contributed by atoms with Crippen LogP contribution in [0.5, 0.6) is 0 Å². The van der Waals surface area contributed by atoms with E-state index in [1.54, 1.807) is 20.8 Å². The number of halogens is 1. The van der Waals surface area contributed by atoms with Crippen LogP contribution < -0.4 is 5.32 Å². The Morgan fingerprint density at radius 2 is 1.86 bits per heavy atom. The van der Waals surface area contributed by atoms with E-state index < -0.39 is 28.9 Å². The van der Waals surface area contributed by atoms with Gasteiger partial charge in [0.25, 0.3) is 0 Å². The molecule has 0 spiro atoms. The van der Waals surface area contributed by atoms with Gasteiger partial charge in [-0.1, -0.05) is 0 Å². The van der Waals surface area contributed by atoms with Crippen LogP contribution >= 0.6 is 11.6 Å². The highest BCUT2D eigenvalue weighted by Gasteiger charge is 2.35. The first-order valence-corrected chi connectivity index (χ1v) is 7.26. The SMILES string of the molecule is CC(C)(C)OC(=O)NCCCN1CCN(C(=O)Cl)C(=O)C1=O. The minimum Gasteiger partial charge on any atom is -0.444 e. The number of carbonyl (C=O) groups is 4. The van der Waals surface area contributed by atoms with Crippen molar-refractivity contribution in [1.29, 1.82) is 0 Å². The highest BCUT2D eigenvalue weighted by Crippen LogP contribution is 2.09. The Hall–Kier alpha value is -1.83. The summed E-state index contributed by atoms with van der Waals surface area (Å²) in [4.78, 5) is 47.8. The lowest BCUT2D eigenvalue weighted by molar-refractivity contribution is -0.153. The zero-order valence-corrected chi connectivity index (χ0v) is 13.6. The van der Waals surface area contributed by atoms with E-state index in [0.29, 0.717) is 24.4 Å². The molecule has 4 amide bonds. The van der Waals surface area contributed by atoms with Gasteiger partial charge in [0.2, 0.25) is 0 Å². The number of ether oxygens (including phenoxy) is 1. The Morgan fingerprint density at radius 3 is 2.41 bits per heavy atom. The monoisotopic (exact) mass is 333 g/mol. The molecule has 1 aliphatic rings. The molecule has 0 bridgehead atoms. The Balaban J connectivity index is 2.32. The smallest absolute Gasteiger partial charge is 0.407 e. The summed E-state index contributed by atoms with van der Waals surface area (Å²) in [6.45, 7) is 6.19. The van der Waals surface area contributed by atoms with Crippen molar-refractivity contribution in [1.82, 2.24) is 15.1 Å². The predicted molar refractivity (Wildman–Crippen MR) is 78.4 cm³/mol. The van der Waals surface area contributed by atoms with Crippen molar-refractivity contribution in [3.8, 4) is 0 Å². The Kier molecular flexibility index (Phi) is 6.16. The van der Waals surface area contributed by atoms with E-state index in [9.17, 15) is 19.2 Å². The molecule has 124 valence electrons. The Bertz CT molecular complexity index is 475. The van der Waals surface area contributed by atoms with Gasteiger partial charge in [-0.2, -0.15) is 0 Å². The van der Waals surface area contributed by atoms with Gasteiger partial charge >= 0.3 is 23.3 Å². The lowest BCUT2D eigenvalue weighted by Gasteiger charge is -2.31. The van der Waals surface area contributed by atoms with E-state index in [1.807, 2.05) is 0 Å². The maximum Gasteiger partial charge on any atom is 0.407 e. The fourth-order valence-electron chi connectivity index (χ4n) is 1.83. The summed E-state index contributed by atoms with van der Waals surface area (Å²) in [6.07, 6.45) is -0.0694. The molecule has 1 aliphatic heterocycles. The number of imide groups is 1. The lowest BCUT2D eigenvalue weighted by atomic mass is 10.2. The molecule has 9 heteroatoms. The van der Waals surface area contributed by atoms with E-state index >= 15 is 0 Å². The molecule has 1 rings (SSSR count). The van der Waals surface area contributed by atoms with Crippen molar-refractivity contribution in [2.24, 2.45) is 0 Å². The third kappa shape index (κ3) is 5.51. The first-order valence-electron chi connectivity index (χ1n) is 6.89. The summed E-state index contributed by atoms with van der Waals surface area (Å²) in [7, 11) is 0. The third-order valence-corrected chi connectivity index (χ3v) is 3.00. The molecule has 0 aromatic carbocycles. The van der Waals surface area contributed by atoms with Crippen LogP contribution in [0.4, 0.5) is 9.59 Å². The molecule has 0 saturated carbocycles. The first-order chi connectivity index (χ1) is 10.1. The van der Waals surface area contributed by atoms with Crippen LogP contribution in [-0.2, 0) is 14.3 Å². The van der Waals surface area contributed by atoms with Crippen LogP contribution in [0.15, 0.2) is 0 Å². The number of nitrogens with one attached hydrogen (secondary N) is 1. The molecule has 0 aromatic heterocycles. The number of rotatable bonds is 4. The normalized spacial score (nSPS) is 15.8. The van der Waals surface area contributed by atoms with Crippen molar-refractivity contribution < 1.29 is 23.9 Å². The topological polar surface area (TPSA) is 96.0 Å². The quantitative estimate of drug-likeness (QED) is 0.357. The van der Waals surface area contributed by atoms with Gasteiger partial charge in [-0.15, -0.1) is 0 Å². The van der Waals surface area contributed by atoms with Crippen LogP contribution in [0, 0.1) is 0 Å². The van der Waals surface area contributed by atoms with Crippen LogP contribution in [0.2, 0.25) is 0 Å². The maximum atomic E-state index is 11.8. The molecule has 22 heavy (non-hydrogen) atoms. The number of piperazine rings is 1. The summed E-state index contributed by atoms with van der Waals surface area (Å²) in [5.74, 6) is -1.69. The number of amides is 4. The average molecular weight is 334 g/mol. The van der Waals surface area contributed by atoms with Gasteiger partial charge in [-0.25, -0.2) is 4.79 Å². The minimum atomic E-state index is -0.954. The first kappa shape index (κ1) is 18.2. The van der Waals surface area contributed by atoms with Gasteiger partial charge in [0, 0.05) is 26.2 Å². The van der Waals surface area contributed by atoms with Crippen molar-refractivity contribution in [2.45, 2.75) is 32.8 Å². The molecular weight excluding hydrogens is 314 g/mol. The van der Waals surface area contributed by atoms with Gasteiger partial charge in [0.15, 0.2) is 0 Å². The van der Waals surface area contributed by atoms with E-state index in [4.69, 9.17) is 16.3 Å². The van der Waals surface area contributed by atoms with Gasteiger partial charge in [0.1, 0.15) is 5.60 Å². The second-order valence-electron chi connectivity index (χ2n) is 5.78. The molecule has 1 N–H and O–H groups in total. The number of hydrogen-bond donors (Lipinski definition) is 1. The summed E-state index contributed by atoms with van der Waals surface area (Å²) in [6, 6.07) is 0. The summed E-state index contributed by atoms with van der Waals surface area (Å²) in [5.41, 5.74) is -0.573. The number of alkyl carbamates (subject to hydrolysis) is 1. The van der Waals surface area contributed by atoms with Crippen LogP contribution in [0.1, 0.15) is 27.2 Å². The second kappa shape index (κ2) is 7.44. The van der Waals surface area contributed by atoms with E-state index in [-0.39, 0.29) is 13.1 Å². The molecule has 0 aliphatic carbocycles. The van der Waals surface area contributed by atoms with Gasteiger partial charge in [-0.3, -0.25) is 19.3 Å². The van der Waals surface area contributed by atoms with Crippen molar-refractivity contribution in [2.75, 3.05) is 26.2 Å². The molecule has 0 radical (unpaired) electrons. The second-order valence-corrected chi connectivity index (χ2v) is 6.11. The standard InChI is InChI=1S/C13H20ClN3O5/c1-13(2,3)22-12(21)15-5-4-6-16-7-8-17(11(14)20)10(19)9(16)18/h4-8H2,1-3H3,(H,15,21). The summed E-state index contributed by atoms with van der Waals surface area (Å²) in [5, 5.41) is 1.61. The zero-order valence-electron chi connectivity index (χ0n) is 12.8. The van der Waals surface area contributed by atoms with Crippen molar-refractivity contribution >= 4 is 34.9 Å². The molecule has 0 unspecified atom stereocenters. The van der Waals surface area contributed by atoms with Gasteiger partial charge in [-0.05, 0) is 38.8 Å².